The number of nitrogens with zero attached hydrogens (tertiary/aromatic N) is 2. The number of benzene rings is 2. The number of para-hydroxylation sites is 1. The van der Waals surface area contributed by atoms with Gasteiger partial charge in [-0.2, -0.15) is 0 Å². The second-order valence-electron chi connectivity index (χ2n) is 9.88. The molecular formula is C30H31N3O5S. The summed E-state index contributed by atoms with van der Waals surface area (Å²) in [6.45, 7) is 5.02. The summed E-state index contributed by atoms with van der Waals surface area (Å²) in [6, 6.07) is 13.0. The standard InChI is InChI=1S/C30H31N3O5S/c1-3-20-6-4-8-24-22(16-32(28(20)24)18-27(35)31-15-23-7-5-13-38-23)14-26-29(36)33(30(37)39-26)17-25(34)21-11-9-19(2)10-12-21/h4,6,8-12,14,16,23H,3,5,7,13,15,17-18H2,1-2H3,(H,31,35)/b26-14-/t23-/m1/s1. The Bertz CT molecular complexity index is 1470. The maximum atomic E-state index is 13.2. The summed E-state index contributed by atoms with van der Waals surface area (Å²) in [5, 5.41) is 3.39. The smallest absolute Gasteiger partial charge is 0.293 e. The Morgan fingerprint density at radius 1 is 1.13 bits per heavy atom. The molecule has 1 aromatic heterocycles. The number of ketones is 1. The Hall–Kier alpha value is -3.69. The van der Waals surface area contributed by atoms with Gasteiger partial charge in [-0.25, -0.2) is 0 Å². The van der Waals surface area contributed by atoms with Gasteiger partial charge in [0.1, 0.15) is 6.54 Å². The van der Waals surface area contributed by atoms with Crippen molar-refractivity contribution in [2.24, 2.45) is 0 Å². The molecule has 202 valence electrons. The average Bonchev–Trinajstić information content (AvgIpc) is 3.64. The van der Waals surface area contributed by atoms with Gasteiger partial charge in [0.05, 0.1) is 23.1 Å². The molecule has 2 aliphatic heterocycles. The number of amides is 3. The van der Waals surface area contributed by atoms with E-state index in [0.29, 0.717) is 12.1 Å². The Labute approximate surface area is 231 Å². The highest BCUT2D eigenvalue weighted by Gasteiger charge is 2.36. The van der Waals surface area contributed by atoms with Crippen LogP contribution in [0.4, 0.5) is 4.79 Å². The number of aryl methyl sites for hydroxylation is 2. The highest BCUT2D eigenvalue weighted by Crippen LogP contribution is 2.35. The largest absolute Gasteiger partial charge is 0.376 e. The van der Waals surface area contributed by atoms with Gasteiger partial charge in [-0.05, 0) is 49.6 Å². The van der Waals surface area contributed by atoms with Crippen LogP contribution in [0, 0.1) is 6.92 Å². The predicted octanol–water partition coefficient (Wildman–Crippen LogP) is 4.73. The van der Waals surface area contributed by atoms with E-state index in [0.717, 1.165) is 70.1 Å². The van der Waals surface area contributed by atoms with Crippen molar-refractivity contribution in [1.29, 1.82) is 0 Å². The monoisotopic (exact) mass is 545 g/mol. The van der Waals surface area contributed by atoms with Crippen LogP contribution in [0.5, 0.6) is 0 Å². The zero-order valence-corrected chi connectivity index (χ0v) is 22.9. The van der Waals surface area contributed by atoms with E-state index in [-0.39, 0.29) is 35.8 Å². The summed E-state index contributed by atoms with van der Waals surface area (Å²) in [5.74, 6) is -0.904. The van der Waals surface area contributed by atoms with Crippen molar-refractivity contribution in [3.8, 4) is 0 Å². The quantitative estimate of drug-likeness (QED) is 0.309. The molecule has 0 unspecified atom stereocenters. The first-order valence-corrected chi connectivity index (χ1v) is 14.0. The number of ether oxygens (including phenoxy) is 1. The van der Waals surface area contributed by atoms with Gasteiger partial charge in [0, 0.05) is 35.9 Å². The minimum atomic E-state index is -0.493. The fourth-order valence-corrected chi connectivity index (χ4v) is 5.82. The van der Waals surface area contributed by atoms with Crippen LogP contribution >= 0.6 is 11.8 Å². The summed E-state index contributed by atoms with van der Waals surface area (Å²) < 4.78 is 7.50. The Morgan fingerprint density at radius 3 is 2.64 bits per heavy atom. The molecule has 2 fully saturated rings. The van der Waals surface area contributed by atoms with Crippen LogP contribution in [0.2, 0.25) is 0 Å². The number of hydrogen-bond donors (Lipinski definition) is 1. The van der Waals surface area contributed by atoms with Gasteiger partial charge in [-0.3, -0.25) is 24.1 Å². The van der Waals surface area contributed by atoms with Crippen molar-refractivity contribution in [2.45, 2.75) is 45.8 Å². The zero-order chi connectivity index (χ0) is 27.5. The first-order valence-electron chi connectivity index (χ1n) is 13.2. The van der Waals surface area contributed by atoms with Crippen molar-refractivity contribution in [3.63, 3.8) is 0 Å². The highest BCUT2D eigenvalue weighted by atomic mass is 32.2. The third-order valence-corrected chi connectivity index (χ3v) is 8.00. The predicted molar refractivity (Wildman–Crippen MR) is 151 cm³/mol. The first kappa shape index (κ1) is 26.9. The number of hydrogen-bond acceptors (Lipinski definition) is 6. The van der Waals surface area contributed by atoms with E-state index in [1.54, 1.807) is 18.2 Å². The molecule has 1 atom stereocenters. The number of fused-ring (bicyclic) bond motifs is 1. The maximum Gasteiger partial charge on any atom is 0.293 e. The van der Waals surface area contributed by atoms with E-state index in [9.17, 15) is 19.2 Å². The molecule has 1 N–H and O–H groups in total. The summed E-state index contributed by atoms with van der Waals surface area (Å²) in [7, 11) is 0. The highest BCUT2D eigenvalue weighted by molar-refractivity contribution is 8.18. The first-order chi connectivity index (χ1) is 18.8. The molecule has 0 aliphatic carbocycles. The summed E-state index contributed by atoms with van der Waals surface area (Å²) in [6.07, 6.45) is 6.33. The fourth-order valence-electron chi connectivity index (χ4n) is 4.99. The number of imide groups is 1. The maximum absolute atomic E-state index is 13.2. The normalized spacial score (nSPS) is 18.5. The van der Waals surface area contributed by atoms with Crippen molar-refractivity contribution < 1.29 is 23.9 Å². The van der Waals surface area contributed by atoms with Gasteiger partial charge in [-0.15, -0.1) is 0 Å². The van der Waals surface area contributed by atoms with Crippen LogP contribution in [0.15, 0.2) is 53.6 Å². The molecule has 0 saturated carbocycles. The van der Waals surface area contributed by atoms with Gasteiger partial charge in [0.15, 0.2) is 5.78 Å². The second kappa shape index (κ2) is 11.6. The Kier molecular flexibility index (Phi) is 7.99. The molecule has 9 heteroatoms. The zero-order valence-electron chi connectivity index (χ0n) is 22.1. The van der Waals surface area contributed by atoms with Gasteiger partial charge >= 0.3 is 0 Å². The molecule has 8 nitrogen and oxygen atoms in total. The number of carbonyl (C=O) groups is 4. The van der Waals surface area contributed by atoms with Gasteiger partial charge < -0.3 is 14.6 Å². The van der Waals surface area contributed by atoms with E-state index in [1.807, 2.05) is 48.0 Å². The van der Waals surface area contributed by atoms with E-state index < -0.39 is 11.1 Å². The lowest BCUT2D eigenvalue weighted by atomic mass is 10.1. The molecule has 5 rings (SSSR count). The second-order valence-corrected chi connectivity index (χ2v) is 10.9. The van der Waals surface area contributed by atoms with E-state index in [4.69, 9.17) is 4.74 Å². The number of nitrogens with one attached hydrogen (secondary N) is 1. The van der Waals surface area contributed by atoms with Crippen LogP contribution < -0.4 is 5.32 Å². The minimum absolute atomic E-state index is 0.0608. The third kappa shape index (κ3) is 5.84. The topological polar surface area (TPSA) is 97.7 Å². The van der Waals surface area contributed by atoms with Crippen molar-refractivity contribution in [2.75, 3.05) is 19.7 Å². The van der Waals surface area contributed by atoms with Gasteiger partial charge in [0.2, 0.25) is 5.91 Å². The lowest BCUT2D eigenvalue weighted by molar-refractivity contribution is -0.123. The van der Waals surface area contributed by atoms with Crippen LogP contribution in [0.1, 0.15) is 46.8 Å². The van der Waals surface area contributed by atoms with Crippen molar-refractivity contribution in [3.05, 3.63) is 75.8 Å². The molecular weight excluding hydrogens is 514 g/mol. The van der Waals surface area contributed by atoms with Crippen LogP contribution in [0.3, 0.4) is 0 Å². The molecule has 3 aromatic rings. The number of carbonyl (C=O) groups excluding carboxylic acids is 4. The Morgan fingerprint density at radius 2 is 1.92 bits per heavy atom. The molecule has 2 aromatic carbocycles. The molecule has 39 heavy (non-hydrogen) atoms. The third-order valence-electron chi connectivity index (χ3n) is 7.09. The summed E-state index contributed by atoms with van der Waals surface area (Å²) >= 11 is 0.824. The molecule has 2 aliphatic rings. The van der Waals surface area contributed by atoms with Crippen molar-refractivity contribution in [1.82, 2.24) is 14.8 Å². The molecule has 0 bridgehead atoms. The number of Topliss-reactive ketones (excluding diaryl/α,β-unsaturated/α-hetero) is 1. The van der Waals surface area contributed by atoms with E-state index in [1.165, 1.54) is 0 Å². The molecule has 0 spiro atoms. The van der Waals surface area contributed by atoms with Crippen LogP contribution in [-0.4, -0.2) is 58.1 Å². The number of rotatable bonds is 9. The lowest BCUT2D eigenvalue weighted by Crippen LogP contribution is -2.34. The summed E-state index contributed by atoms with van der Waals surface area (Å²) in [5.41, 5.74) is 4.22. The van der Waals surface area contributed by atoms with Gasteiger partial charge in [0.25, 0.3) is 11.1 Å². The number of thioether (sulfide) groups is 1. The average molecular weight is 546 g/mol. The molecule has 2 saturated heterocycles. The summed E-state index contributed by atoms with van der Waals surface area (Å²) in [4.78, 5) is 52.7. The van der Waals surface area contributed by atoms with Crippen LogP contribution in [-0.2, 0) is 27.3 Å². The molecule has 0 radical (unpaired) electrons. The number of aromatic nitrogens is 1. The Balaban J connectivity index is 1.38. The van der Waals surface area contributed by atoms with Crippen LogP contribution in [0.25, 0.3) is 17.0 Å². The SMILES string of the molecule is CCc1cccc2c(/C=C3\SC(=O)N(CC(=O)c4ccc(C)cc4)C3=O)cn(CC(=O)NC[C@H]3CCCO3)c12. The fraction of sp³-hybridized carbons (Fsp3) is 0.333. The lowest BCUT2D eigenvalue weighted by Gasteiger charge is -2.12. The molecule has 3 heterocycles. The van der Waals surface area contributed by atoms with E-state index in [2.05, 4.69) is 12.2 Å². The van der Waals surface area contributed by atoms with E-state index >= 15 is 0 Å². The van der Waals surface area contributed by atoms with Crippen molar-refractivity contribution >= 4 is 51.6 Å². The minimum Gasteiger partial charge on any atom is -0.376 e. The van der Waals surface area contributed by atoms with Gasteiger partial charge in [-0.1, -0.05) is 55.0 Å². The molecule has 3 amide bonds.